The number of aliphatic hydroxyl groups excluding tert-OH is 2. The van der Waals surface area contributed by atoms with Crippen molar-refractivity contribution in [3.8, 4) is 0 Å². The van der Waals surface area contributed by atoms with Crippen molar-refractivity contribution in [2.24, 2.45) is 0 Å². The predicted molar refractivity (Wildman–Crippen MR) is 48.1 cm³/mol. The van der Waals surface area contributed by atoms with Crippen molar-refractivity contribution in [3.05, 3.63) is 0 Å². The first-order valence-corrected chi connectivity index (χ1v) is 5.33. The van der Waals surface area contributed by atoms with Crippen molar-refractivity contribution < 1.29 is 10.2 Å². The van der Waals surface area contributed by atoms with Gasteiger partial charge in [-0.2, -0.15) is 0 Å². The molecule has 0 amide bonds. The van der Waals surface area contributed by atoms with Crippen LogP contribution in [0.15, 0.2) is 0 Å². The summed E-state index contributed by atoms with van der Waals surface area (Å²) in [6, 6.07) is 0. The fraction of sp³-hybridized carbons (Fsp3) is 1.00. The van der Waals surface area contributed by atoms with Gasteiger partial charge in [-0.3, -0.25) is 0 Å². The highest BCUT2D eigenvalue weighted by Crippen LogP contribution is 2.17. The minimum absolute atomic E-state index is 0.254. The Bertz CT molecular complexity index is 70.8. The Morgan fingerprint density at radius 1 is 1.30 bits per heavy atom. The van der Waals surface area contributed by atoms with Gasteiger partial charge in [0.05, 0.1) is 0 Å². The third-order valence-electron chi connectivity index (χ3n) is 1.23. The number of hydrogen-bond donors (Lipinski definition) is 3. The highest BCUT2D eigenvalue weighted by molar-refractivity contribution is 8.68. The maximum atomic E-state index is 8.98. The minimum atomic E-state index is -0.345. The average molecular weight is 182 g/mol. The smallest absolute Gasteiger partial charge is 0.109 e. The van der Waals surface area contributed by atoms with Gasteiger partial charge in [-0.25, -0.2) is 0 Å². The molecule has 0 bridgehead atoms. The summed E-state index contributed by atoms with van der Waals surface area (Å²) < 4.78 is 0. The number of hydrogen-bond acceptors (Lipinski definition) is 4. The first-order valence-electron chi connectivity index (χ1n) is 3.40. The summed E-state index contributed by atoms with van der Waals surface area (Å²) in [5.41, 5.74) is -0.345. The second-order valence-electron chi connectivity index (χ2n) is 2.13. The first kappa shape index (κ1) is 10.6. The number of rotatable bonds is 6. The lowest BCUT2D eigenvalue weighted by atomic mass is 10.2. The van der Waals surface area contributed by atoms with E-state index in [2.05, 4.69) is 11.7 Å². The summed E-state index contributed by atoms with van der Waals surface area (Å²) in [5, 5.41) is 17.4. The van der Waals surface area contributed by atoms with Gasteiger partial charge in [0.25, 0.3) is 0 Å². The molecule has 0 fully saturated rings. The molecule has 0 aliphatic carbocycles. The van der Waals surface area contributed by atoms with E-state index in [9.17, 15) is 0 Å². The fourth-order valence-electron chi connectivity index (χ4n) is 0.660. The summed E-state index contributed by atoms with van der Waals surface area (Å²) in [5.74, 6) is 0. The van der Waals surface area contributed by atoms with Crippen molar-refractivity contribution in [2.45, 2.75) is 31.1 Å². The van der Waals surface area contributed by atoms with Crippen molar-refractivity contribution >= 4 is 22.5 Å². The molecule has 0 aliphatic rings. The van der Waals surface area contributed by atoms with Gasteiger partial charge in [-0.1, -0.05) is 17.2 Å². The Kier molecular flexibility index (Phi) is 8.20. The molecule has 10 heavy (non-hydrogen) atoms. The van der Waals surface area contributed by atoms with Crippen LogP contribution in [0.1, 0.15) is 25.7 Å². The summed E-state index contributed by atoms with van der Waals surface area (Å²) in [6.45, 7) is 0.254. The Morgan fingerprint density at radius 3 is 2.50 bits per heavy atom. The van der Waals surface area contributed by atoms with Crippen molar-refractivity contribution in [1.29, 1.82) is 0 Å². The van der Waals surface area contributed by atoms with Gasteiger partial charge in [0, 0.05) is 6.61 Å². The van der Waals surface area contributed by atoms with Crippen LogP contribution < -0.4 is 0 Å². The van der Waals surface area contributed by atoms with E-state index in [0.29, 0.717) is 0 Å². The van der Waals surface area contributed by atoms with Gasteiger partial charge < -0.3 is 10.2 Å². The quantitative estimate of drug-likeness (QED) is 0.252. The van der Waals surface area contributed by atoms with E-state index < -0.39 is 0 Å². The molecule has 62 valence electrons. The summed E-state index contributed by atoms with van der Waals surface area (Å²) >= 11 is 3.86. The molecule has 0 aromatic rings. The lowest BCUT2D eigenvalue weighted by molar-refractivity contribution is 0.242. The third kappa shape index (κ3) is 6.74. The summed E-state index contributed by atoms with van der Waals surface area (Å²) in [7, 11) is 1.17. The lowest BCUT2D eigenvalue weighted by Crippen LogP contribution is -1.97. The molecule has 1 atom stereocenters. The highest BCUT2D eigenvalue weighted by Gasteiger charge is 1.99. The molecule has 0 saturated carbocycles. The largest absolute Gasteiger partial charge is 0.396 e. The van der Waals surface area contributed by atoms with Crippen molar-refractivity contribution in [3.63, 3.8) is 0 Å². The fourth-order valence-corrected chi connectivity index (χ4v) is 1.25. The van der Waals surface area contributed by atoms with Gasteiger partial charge in [0.1, 0.15) is 5.44 Å². The van der Waals surface area contributed by atoms with Crippen LogP contribution in [0.2, 0.25) is 0 Å². The van der Waals surface area contributed by atoms with E-state index in [4.69, 9.17) is 10.2 Å². The SMILES string of the molecule is OCCCCCC(O)SS. The molecule has 0 aliphatic heterocycles. The normalized spacial score (nSPS) is 13.5. The van der Waals surface area contributed by atoms with Crippen LogP contribution in [0.3, 0.4) is 0 Å². The van der Waals surface area contributed by atoms with Gasteiger partial charge in [-0.15, -0.1) is 11.7 Å². The van der Waals surface area contributed by atoms with Crippen molar-refractivity contribution in [2.75, 3.05) is 6.61 Å². The molecule has 2 N–H and O–H groups in total. The number of unbranched alkanes of at least 4 members (excludes halogenated alkanes) is 2. The van der Waals surface area contributed by atoms with Crippen LogP contribution in [0.4, 0.5) is 0 Å². The van der Waals surface area contributed by atoms with Gasteiger partial charge in [-0.05, 0) is 19.3 Å². The molecule has 1 unspecified atom stereocenters. The predicted octanol–water partition coefficient (Wildman–Crippen LogP) is 1.44. The topological polar surface area (TPSA) is 40.5 Å². The average Bonchev–Trinajstić information content (AvgIpc) is 1.98. The molecule has 4 heteroatoms. The van der Waals surface area contributed by atoms with Crippen LogP contribution in [0.25, 0.3) is 0 Å². The number of thiol groups is 1. The molecular weight excluding hydrogens is 168 g/mol. The molecule has 0 spiro atoms. The molecule has 0 rings (SSSR count). The van der Waals surface area contributed by atoms with E-state index in [0.717, 1.165) is 25.7 Å². The molecule has 0 aromatic heterocycles. The molecular formula is C6H14O2S2. The maximum absolute atomic E-state index is 8.98. The highest BCUT2D eigenvalue weighted by atomic mass is 33.1. The van der Waals surface area contributed by atoms with Crippen LogP contribution in [-0.2, 0) is 0 Å². The van der Waals surface area contributed by atoms with Crippen molar-refractivity contribution in [1.82, 2.24) is 0 Å². The monoisotopic (exact) mass is 182 g/mol. The van der Waals surface area contributed by atoms with Crippen LogP contribution >= 0.6 is 22.5 Å². The standard InChI is InChI=1S/C6H14O2S2/c7-5-3-1-2-4-6(8)10-9/h6-9H,1-5H2. The van der Waals surface area contributed by atoms with Crippen LogP contribution in [0, 0.1) is 0 Å². The minimum Gasteiger partial charge on any atom is -0.396 e. The third-order valence-corrected chi connectivity index (χ3v) is 2.44. The van der Waals surface area contributed by atoms with Crippen LogP contribution in [-0.4, -0.2) is 22.3 Å². The van der Waals surface area contributed by atoms with Gasteiger partial charge in [0.15, 0.2) is 0 Å². The maximum Gasteiger partial charge on any atom is 0.109 e. The zero-order valence-corrected chi connectivity index (χ0v) is 7.57. The molecule has 0 heterocycles. The second-order valence-corrected chi connectivity index (χ2v) is 3.52. The van der Waals surface area contributed by atoms with Crippen LogP contribution in [0.5, 0.6) is 0 Å². The van der Waals surface area contributed by atoms with Gasteiger partial charge in [0.2, 0.25) is 0 Å². The lowest BCUT2D eigenvalue weighted by Gasteiger charge is -2.04. The summed E-state index contributed by atoms with van der Waals surface area (Å²) in [6.07, 6.45) is 3.56. The van der Waals surface area contributed by atoms with Gasteiger partial charge >= 0.3 is 0 Å². The van der Waals surface area contributed by atoms with E-state index in [1.165, 1.54) is 10.8 Å². The second kappa shape index (κ2) is 7.72. The Balaban J connectivity index is 2.89. The van der Waals surface area contributed by atoms with E-state index in [-0.39, 0.29) is 12.0 Å². The molecule has 0 saturated heterocycles. The summed E-state index contributed by atoms with van der Waals surface area (Å²) in [4.78, 5) is 0. The zero-order valence-electron chi connectivity index (χ0n) is 5.86. The number of aliphatic hydroxyl groups is 2. The van der Waals surface area contributed by atoms with E-state index in [1.807, 2.05) is 0 Å². The molecule has 0 aromatic carbocycles. The zero-order chi connectivity index (χ0) is 7.82. The molecule has 2 nitrogen and oxygen atoms in total. The Hall–Kier alpha value is 0.620. The Labute approximate surface area is 70.8 Å². The first-order chi connectivity index (χ1) is 4.81. The molecule has 0 radical (unpaired) electrons. The van der Waals surface area contributed by atoms with E-state index >= 15 is 0 Å². The van der Waals surface area contributed by atoms with E-state index in [1.54, 1.807) is 0 Å². The Morgan fingerprint density at radius 2 is 2.00 bits per heavy atom.